The summed E-state index contributed by atoms with van der Waals surface area (Å²) in [6.45, 7) is 4.77. The minimum absolute atomic E-state index is 0.131. The first-order chi connectivity index (χ1) is 16.3. The summed E-state index contributed by atoms with van der Waals surface area (Å²) < 4.78 is 21.4. The number of hydrogen-bond acceptors (Lipinski definition) is 4. The molecule has 0 radical (unpaired) electrons. The van der Waals surface area contributed by atoms with Crippen LogP contribution in [0.5, 0.6) is 0 Å². The number of aliphatic hydroxyl groups excluding tert-OH is 1. The number of Topliss-reactive ketones (excluding diaryl/α,β-unsaturated/α-hetero) is 1. The molecule has 0 amide bonds. The maximum absolute atomic E-state index is 13.5. The summed E-state index contributed by atoms with van der Waals surface area (Å²) in [7, 11) is 0. The molecule has 5 aliphatic rings. The average molecular weight is 463 g/mol. The fraction of sp³-hybridized carbons (Fsp3) is 0.571. The van der Waals surface area contributed by atoms with E-state index in [1.54, 1.807) is 12.1 Å². The lowest BCUT2D eigenvalue weighted by atomic mass is 9.45. The third-order valence-corrected chi connectivity index (χ3v) is 10.5. The van der Waals surface area contributed by atoms with Crippen molar-refractivity contribution >= 4 is 11.9 Å². The Hall–Kier alpha value is -2.31. The molecule has 1 aromatic heterocycles. The number of fused-ring (bicyclic) bond motifs is 7. The molecule has 178 valence electrons. The van der Waals surface area contributed by atoms with Crippen molar-refractivity contribution in [3.8, 4) is 5.69 Å². The Labute approximate surface area is 199 Å². The van der Waals surface area contributed by atoms with Crippen molar-refractivity contribution in [2.45, 2.75) is 64.1 Å². The minimum atomic E-state index is -0.656. The molecule has 4 aliphatic carbocycles. The summed E-state index contributed by atoms with van der Waals surface area (Å²) in [5, 5.41) is 16.3. The summed E-state index contributed by atoms with van der Waals surface area (Å²) in [5.74, 6) is 0.947. The molecular weight excluding hydrogens is 431 g/mol. The third kappa shape index (κ3) is 2.41. The van der Waals surface area contributed by atoms with Crippen molar-refractivity contribution in [1.82, 2.24) is 9.78 Å². The molecule has 1 aliphatic heterocycles. The van der Waals surface area contributed by atoms with Crippen LogP contribution in [-0.2, 0) is 16.0 Å². The van der Waals surface area contributed by atoms with Gasteiger partial charge < -0.3 is 9.84 Å². The minimum Gasteiger partial charge on any atom is -0.393 e. The van der Waals surface area contributed by atoms with E-state index in [-0.39, 0.29) is 35.0 Å². The molecule has 1 spiro atoms. The highest BCUT2D eigenvalue weighted by atomic mass is 19.1. The molecule has 1 saturated heterocycles. The number of aromatic nitrogens is 2. The van der Waals surface area contributed by atoms with E-state index in [1.165, 1.54) is 23.3 Å². The van der Waals surface area contributed by atoms with Gasteiger partial charge in [-0.1, -0.05) is 19.4 Å². The Balaban J connectivity index is 1.26. The molecule has 0 bridgehead atoms. The first-order valence-electron chi connectivity index (χ1n) is 12.7. The third-order valence-electron chi connectivity index (χ3n) is 10.5. The van der Waals surface area contributed by atoms with E-state index in [1.807, 2.05) is 10.9 Å². The van der Waals surface area contributed by atoms with Gasteiger partial charge in [0.25, 0.3) is 0 Å². The maximum atomic E-state index is 13.5. The van der Waals surface area contributed by atoms with E-state index >= 15 is 0 Å². The van der Waals surface area contributed by atoms with Crippen LogP contribution in [0.1, 0.15) is 57.2 Å². The molecule has 2 heterocycles. The molecule has 3 saturated carbocycles. The Bertz CT molecular complexity index is 1230. The van der Waals surface area contributed by atoms with Crippen molar-refractivity contribution in [3.63, 3.8) is 0 Å². The van der Waals surface area contributed by atoms with Gasteiger partial charge in [0.05, 0.1) is 23.7 Å². The molecular formula is C28H31FN2O3. The van der Waals surface area contributed by atoms with E-state index < -0.39 is 11.7 Å². The maximum Gasteiger partial charge on any atom is 0.190 e. The molecule has 2 aromatic rings. The topological polar surface area (TPSA) is 64.3 Å². The van der Waals surface area contributed by atoms with Gasteiger partial charge in [0, 0.05) is 5.41 Å². The van der Waals surface area contributed by atoms with Crippen molar-refractivity contribution < 1.29 is 19.0 Å². The number of halogens is 1. The Morgan fingerprint density at radius 2 is 2.00 bits per heavy atom. The summed E-state index contributed by atoms with van der Waals surface area (Å²) in [6, 6.07) is 6.46. The highest BCUT2D eigenvalue weighted by Gasteiger charge is 2.71. The number of ketones is 1. The molecule has 6 heteroatoms. The normalized spacial score (nSPS) is 42.4. The van der Waals surface area contributed by atoms with Gasteiger partial charge in [0.1, 0.15) is 18.0 Å². The SMILES string of the molecule is C[C@]12Cc3cnn(-c4ccc(F)cc4)c3C=C1CC[C@@H]1[C@@H]2[C@@H](O)C[C@@]2(C)[C@H]1CC[C@@]21OCC1=O. The number of hydrogen-bond donors (Lipinski definition) is 1. The average Bonchev–Trinajstić information content (AvgIpc) is 3.35. The van der Waals surface area contributed by atoms with Crippen LogP contribution in [0.3, 0.4) is 0 Å². The Morgan fingerprint density at radius 3 is 2.71 bits per heavy atom. The van der Waals surface area contributed by atoms with Crippen LogP contribution in [0.4, 0.5) is 4.39 Å². The van der Waals surface area contributed by atoms with Gasteiger partial charge in [-0.3, -0.25) is 4.79 Å². The molecule has 5 nitrogen and oxygen atoms in total. The number of aliphatic hydroxyl groups is 1. The summed E-state index contributed by atoms with van der Waals surface area (Å²) >= 11 is 0. The second kappa shape index (κ2) is 6.67. The Kier molecular flexibility index (Phi) is 4.12. The van der Waals surface area contributed by atoms with Crippen LogP contribution >= 0.6 is 0 Å². The van der Waals surface area contributed by atoms with Crippen LogP contribution in [-0.4, -0.2) is 39.0 Å². The zero-order valence-electron chi connectivity index (χ0n) is 19.8. The van der Waals surface area contributed by atoms with Crippen molar-refractivity contribution in [1.29, 1.82) is 0 Å². The number of rotatable bonds is 1. The smallest absolute Gasteiger partial charge is 0.190 e. The second-order valence-electron chi connectivity index (χ2n) is 11.8. The van der Waals surface area contributed by atoms with E-state index in [9.17, 15) is 14.3 Å². The van der Waals surface area contributed by atoms with E-state index in [0.717, 1.165) is 43.5 Å². The zero-order valence-corrected chi connectivity index (χ0v) is 19.8. The molecule has 7 rings (SSSR count). The highest BCUT2D eigenvalue weighted by molar-refractivity contribution is 5.94. The van der Waals surface area contributed by atoms with E-state index in [2.05, 4.69) is 25.0 Å². The molecule has 1 N–H and O–H groups in total. The van der Waals surface area contributed by atoms with Crippen LogP contribution in [0.15, 0.2) is 36.0 Å². The van der Waals surface area contributed by atoms with E-state index in [4.69, 9.17) is 4.74 Å². The molecule has 34 heavy (non-hydrogen) atoms. The molecule has 7 atom stereocenters. The number of carbonyl (C=O) groups excluding carboxylic acids is 1. The number of nitrogens with zero attached hydrogens (tertiary/aromatic N) is 2. The number of ether oxygens (including phenoxy) is 1. The predicted molar refractivity (Wildman–Crippen MR) is 125 cm³/mol. The Morgan fingerprint density at radius 1 is 1.21 bits per heavy atom. The van der Waals surface area contributed by atoms with Crippen LogP contribution in [0.2, 0.25) is 0 Å². The number of carbonyl (C=O) groups is 1. The first kappa shape index (κ1) is 21.0. The lowest BCUT2D eigenvalue weighted by molar-refractivity contribution is -0.225. The molecule has 0 unspecified atom stereocenters. The van der Waals surface area contributed by atoms with Crippen LogP contribution < -0.4 is 0 Å². The summed E-state index contributed by atoms with van der Waals surface area (Å²) in [6.07, 6.45) is 9.08. The standard InChI is InChI=1S/C28H31FN2O3/c1-26-12-16-14-30-31(19-6-4-18(29)5-7-19)22(16)11-17(26)3-8-20-21-9-10-28(24(33)15-34-28)27(21,2)13-23(32)25(20)26/h4-7,11,14,20-21,23,25,32H,3,8-10,12-13,15H2,1-2H3/t20-,21-,23-,25+,26-,27-,28-/m0/s1. The summed E-state index contributed by atoms with van der Waals surface area (Å²) in [5.41, 5.74) is 3.43. The van der Waals surface area contributed by atoms with Gasteiger partial charge in [-0.05, 0) is 97.6 Å². The first-order valence-corrected chi connectivity index (χ1v) is 12.7. The van der Waals surface area contributed by atoms with Gasteiger partial charge in [0.15, 0.2) is 5.78 Å². The fourth-order valence-corrected chi connectivity index (χ4v) is 8.96. The van der Waals surface area contributed by atoms with Crippen molar-refractivity contribution in [3.05, 3.63) is 53.1 Å². The molecule has 1 aromatic carbocycles. The summed E-state index contributed by atoms with van der Waals surface area (Å²) in [4.78, 5) is 12.7. The monoisotopic (exact) mass is 462 g/mol. The predicted octanol–water partition coefficient (Wildman–Crippen LogP) is 4.50. The molecule has 4 fully saturated rings. The lowest BCUT2D eigenvalue weighted by Gasteiger charge is -2.62. The van der Waals surface area contributed by atoms with Crippen LogP contribution in [0, 0.1) is 34.4 Å². The van der Waals surface area contributed by atoms with Gasteiger partial charge in [0.2, 0.25) is 0 Å². The van der Waals surface area contributed by atoms with Gasteiger partial charge in [-0.25, -0.2) is 9.07 Å². The number of allylic oxidation sites excluding steroid dienone is 1. The van der Waals surface area contributed by atoms with Gasteiger partial charge in [-0.15, -0.1) is 0 Å². The lowest BCUT2D eigenvalue weighted by Crippen LogP contribution is -2.67. The quantitative estimate of drug-likeness (QED) is 0.678. The van der Waals surface area contributed by atoms with Gasteiger partial charge >= 0.3 is 0 Å². The van der Waals surface area contributed by atoms with E-state index in [0.29, 0.717) is 18.3 Å². The van der Waals surface area contributed by atoms with Crippen molar-refractivity contribution in [2.75, 3.05) is 6.61 Å². The van der Waals surface area contributed by atoms with Crippen LogP contribution in [0.25, 0.3) is 11.8 Å². The van der Waals surface area contributed by atoms with Gasteiger partial charge in [-0.2, -0.15) is 5.10 Å². The zero-order chi connectivity index (χ0) is 23.5. The highest BCUT2D eigenvalue weighted by Crippen LogP contribution is 2.69. The fourth-order valence-electron chi connectivity index (χ4n) is 8.96. The second-order valence-corrected chi connectivity index (χ2v) is 11.8. The largest absolute Gasteiger partial charge is 0.393 e. The number of benzene rings is 1. The van der Waals surface area contributed by atoms with Crippen molar-refractivity contribution in [2.24, 2.45) is 28.6 Å².